The zero-order chi connectivity index (χ0) is 14.0. The van der Waals surface area contributed by atoms with E-state index < -0.39 is 10.2 Å². The summed E-state index contributed by atoms with van der Waals surface area (Å²) in [5.41, 5.74) is 5.58. The lowest BCUT2D eigenvalue weighted by Crippen LogP contribution is -2.42. The standard InChI is InChI=1S/C12H27N3O2S/c1-12(2,3)11-6-9-15(10-11)18(16,17)14(4)8-5-7-13/h11H,5-10,13H2,1-4H3. The highest BCUT2D eigenvalue weighted by atomic mass is 32.2. The Balaban J connectivity index is 2.66. The van der Waals surface area contributed by atoms with Crippen molar-refractivity contribution in [2.45, 2.75) is 33.6 Å². The molecule has 1 heterocycles. The largest absolute Gasteiger partial charge is 0.330 e. The lowest BCUT2D eigenvalue weighted by molar-refractivity contribution is 0.249. The maximum Gasteiger partial charge on any atom is 0.281 e. The van der Waals surface area contributed by atoms with Gasteiger partial charge in [-0.1, -0.05) is 20.8 Å². The number of nitrogens with zero attached hydrogens (tertiary/aromatic N) is 2. The Kier molecular flexibility index (Phi) is 5.17. The number of rotatable bonds is 5. The molecule has 6 heteroatoms. The quantitative estimate of drug-likeness (QED) is 0.811. The molecule has 0 amide bonds. The Morgan fingerprint density at radius 1 is 1.39 bits per heavy atom. The van der Waals surface area contributed by atoms with Gasteiger partial charge >= 0.3 is 0 Å². The third-order valence-electron chi connectivity index (χ3n) is 3.77. The van der Waals surface area contributed by atoms with Gasteiger partial charge in [-0.2, -0.15) is 17.0 Å². The molecule has 0 aromatic carbocycles. The molecule has 0 saturated carbocycles. The zero-order valence-electron chi connectivity index (χ0n) is 12.0. The van der Waals surface area contributed by atoms with Crippen LogP contribution in [0.25, 0.3) is 0 Å². The molecule has 0 aromatic heterocycles. The van der Waals surface area contributed by atoms with E-state index in [1.807, 2.05) is 0 Å². The van der Waals surface area contributed by atoms with E-state index >= 15 is 0 Å². The molecule has 1 saturated heterocycles. The molecule has 108 valence electrons. The lowest BCUT2D eigenvalue weighted by atomic mass is 9.80. The molecule has 1 aliphatic rings. The average molecular weight is 277 g/mol. The van der Waals surface area contributed by atoms with Crippen LogP contribution in [0.1, 0.15) is 33.6 Å². The fraction of sp³-hybridized carbons (Fsp3) is 1.00. The van der Waals surface area contributed by atoms with Crippen molar-refractivity contribution in [3.8, 4) is 0 Å². The molecule has 0 aliphatic carbocycles. The first-order chi connectivity index (χ1) is 8.19. The Hall–Kier alpha value is -0.170. The van der Waals surface area contributed by atoms with Crippen molar-refractivity contribution in [2.75, 3.05) is 33.2 Å². The molecular formula is C12H27N3O2S. The van der Waals surface area contributed by atoms with Gasteiger partial charge in [-0.3, -0.25) is 0 Å². The van der Waals surface area contributed by atoms with Crippen molar-refractivity contribution in [1.29, 1.82) is 0 Å². The third-order valence-corrected chi connectivity index (χ3v) is 5.73. The highest BCUT2D eigenvalue weighted by Crippen LogP contribution is 2.34. The van der Waals surface area contributed by atoms with Crippen molar-refractivity contribution >= 4 is 10.2 Å². The van der Waals surface area contributed by atoms with E-state index in [-0.39, 0.29) is 5.41 Å². The summed E-state index contributed by atoms with van der Waals surface area (Å²) in [6.45, 7) is 8.81. The second kappa shape index (κ2) is 5.86. The van der Waals surface area contributed by atoms with Gasteiger partial charge in [0.2, 0.25) is 0 Å². The van der Waals surface area contributed by atoms with E-state index in [0.717, 1.165) is 6.42 Å². The van der Waals surface area contributed by atoms with Gasteiger partial charge in [0.15, 0.2) is 0 Å². The van der Waals surface area contributed by atoms with Crippen LogP contribution in [0.15, 0.2) is 0 Å². The summed E-state index contributed by atoms with van der Waals surface area (Å²) < 4.78 is 27.7. The zero-order valence-corrected chi connectivity index (χ0v) is 12.8. The van der Waals surface area contributed by atoms with Gasteiger partial charge in [0.25, 0.3) is 10.2 Å². The average Bonchev–Trinajstić information content (AvgIpc) is 2.74. The minimum absolute atomic E-state index is 0.167. The Bertz CT molecular complexity index is 362. The van der Waals surface area contributed by atoms with Gasteiger partial charge < -0.3 is 5.73 Å². The monoisotopic (exact) mass is 277 g/mol. The van der Waals surface area contributed by atoms with Crippen LogP contribution in [0.2, 0.25) is 0 Å². The fourth-order valence-corrected chi connectivity index (χ4v) is 3.73. The first-order valence-corrected chi connectivity index (χ1v) is 8.00. The summed E-state index contributed by atoms with van der Waals surface area (Å²) in [5, 5.41) is 0. The Morgan fingerprint density at radius 3 is 2.44 bits per heavy atom. The topological polar surface area (TPSA) is 66.6 Å². The molecule has 1 fully saturated rings. The van der Waals surface area contributed by atoms with Crippen LogP contribution < -0.4 is 5.73 Å². The van der Waals surface area contributed by atoms with Crippen molar-refractivity contribution in [3.63, 3.8) is 0 Å². The summed E-state index contributed by atoms with van der Waals surface area (Å²) in [6.07, 6.45) is 1.65. The van der Waals surface area contributed by atoms with Crippen LogP contribution >= 0.6 is 0 Å². The van der Waals surface area contributed by atoms with Crippen molar-refractivity contribution in [1.82, 2.24) is 8.61 Å². The van der Waals surface area contributed by atoms with Crippen LogP contribution in [0, 0.1) is 11.3 Å². The molecule has 0 bridgehead atoms. The number of hydrogen-bond donors (Lipinski definition) is 1. The van der Waals surface area contributed by atoms with E-state index in [9.17, 15) is 8.42 Å². The van der Waals surface area contributed by atoms with Crippen LogP contribution in [0.4, 0.5) is 0 Å². The number of nitrogens with two attached hydrogens (primary N) is 1. The van der Waals surface area contributed by atoms with Crippen molar-refractivity contribution in [3.05, 3.63) is 0 Å². The van der Waals surface area contributed by atoms with Gasteiger partial charge in [-0.25, -0.2) is 0 Å². The minimum atomic E-state index is -3.29. The minimum Gasteiger partial charge on any atom is -0.330 e. The van der Waals surface area contributed by atoms with Crippen LogP contribution in [0.3, 0.4) is 0 Å². The second-order valence-electron chi connectivity index (χ2n) is 6.18. The van der Waals surface area contributed by atoms with Crippen LogP contribution in [-0.2, 0) is 10.2 Å². The van der Waals surface area contributed by atoms with E-state index in [1.54, 1.807) is 11.4 Å². The normalized spacial score (nSPS) is 22.9. The van der Waals surface area contributed by atoms with Crippen molar-refractivity contribution < 1.29 is 8.42 Å². The summed E-state index contributed by atoms with van der Waals surface area (Å²) >= 11 is 0. The molecule has 0 aromatic rings. The van der Waals surface area contributed by atoms with Gasteiger partial charge in [0.1, 0.15) is 0 Å². The van der Waals surface area contributed by atoms with E-state index in [1.165, 1.54) is 4.31 Å². The van der Waals surface area contributed by atoms with Gasteiger partial charge in [-0.15, -0.1) is 0 Å². The Morgan fingerprint density at radius 2 is 2.00 bits per heavy atom. The molecular weight excluding hydrogens is 250 g/mol. The number of hydrogen-bond acceptors (Lipinski definition) is 3. The van der Waals surface area contributed by atoms with Gasteiger partial charge in [-0.05, 0) is 30.7 Å². The van der Waals surface area contributed by atoms with E-state index in [0.29, 0.717) is 38.5 Å². The Labute approximate surface area is 112 Å². The maximum atomic E-state index is 12.3. The third kappa shape index (κ3) is 3.66. The first-order valence-electron chi connectivity index (χ1n) is 6.61. The van der Waals surface area contributed by atoms with Gasteiger partial charge in [0.05, 0.1) is 0 Å². The molecule has 0 spiro atoms. The van der Waals surface area contributed by atoms with E-state index in [4.69, 9.17) is 5.73 Å². The maximum absolute atomic E-state index is 12.3. The fourth-order valence-electron chi connectivity index (χ4n) is 2.27. The van der Waals surface area contributed by atoms with Crippen molar-refractivity contribution in [2.24, 2.45) is 17.1 Å². The predicted molar refractivity (Wildman–Crippen MR) is 74.4 cm³/mol. The molecule has 1 rings (SSSR count). The van der Waals surface area contributed by atoms with E-state index in [2.05, 4.69) is 20.8 Å². The highest BCUT2D eigenvalue weighted by Gasteiger charge is 2.38. The SMILES string of the molecule is CN(CCCN)S(=O)(=O)N1CCC(C(C)(C)C)C1. The summed E-state index contributed by atoms with van der Waals surface area (Å²) in [7, 11) is -1.66. The molecule has 0 radical (unpaired) electrons. The summed E-state index contributed by atoms with van der Waals surface area (Å²) in [6, 6.07) is 0. The molecule has 5 nitrogen and oxygen atoms in total. The summed E-state index contributed by atoms with van der Waals surface area (Å²) in [4.78, 5) is 0. The molecule has 2 N–H and O–H groups in total. The lowest BCUT2D eigenvalue weighted by Gasteiger charge is -2.28. The molecule has 18 heavy (non-hydrogen) atoms. The smallest absolute Gasteiger partial charge is 0.281 e. The molecule has 1 atom stereocenters. The first kappa shape index (κ1) is 15.9. The predicted octanol–water partition coefficient (Wildman–Crippen LogP) is 0.880. The van der Waals surface area contributed by atoms with Crippen LogP contribution in [0.5, 0.6) is 0 Å². The second-order valence-corrected chi connectivity index (χ2v) is 8.22. The summed E-state index contributed by atoms with van der Waals surface area (Å²) in [5.74, 6) is 0.440. The molecule has 1 aliphatic heterocycles. The van der Waals surface area contributed by atoms with Gasteiger partial charge in [0, 0.05) is 26.7 Å². The highest BCUT2D eigenvalue weighted by molar-refractivity contribution is 7.86. The van der Waals surface area contributed by atoms with Crippen LogP contribution in [-0.4, -0.2) is 50.3 Å². The molecule has 1 unspecified atom stereocenters.